The average Bonchev–Trinajstić information content (AvgIpc) is 2.15. The van der Waals surface area contributed by atoms with Gasteiger partial charge in [0.1, 0.15) is 5.75 Å². The maximum absolute atomic E-state index is 5.65. The molecule has 0 amide bonds. The summed E-state index contributed by atoms with van der Waals surface area (Å²) in [5.41, 5.74) is 7.52. The first-order valence-electron chi connectivity index (χ1n) is 4.34. The highest BCUT2D eigenvalue weighted by atomic mass is 32.2. The molecule has 14 heavy (non-hydrogen) atoms. The van der Waals surface area contributed by atoms with E-state index >= 15 is 0 Å². The molecule has 0 spiro atoms. The zero-order chi connectivity index (χ0) is 10.6. The highest BCUT2D eigenvalue weighted by Crippen LogP contribution is 2.31. The Kier molecular flexibility index (Phi) is 3.89. The van der Waals surface area contributed by atoms with Crippen LogP contribution < -0.4 is 10.5 Å². The van der Waals surface area contributed by atoms with Crippen LogP contribution in [-0.2, 0) is 0 Å². The van der Waals surface area contributed by atoms with E-state index in [2.05, 4.69) is 6.58 Å². The van der Waals surface area contributed by atoms with Gasteiger partial charge in [-0.05, 0) is 19.1 Å². The van der Waals surface area contributed by atoms with E-state index in [4.69, 9.17) is 10.5 Å². The fourth-order valence-corrected chi connectivity index (χ4v) is 1.86. The van der Waals surface area contributed by atoms with Crippen LogP contribution in [0.5, 0.6) is 5.75 Å². The predicted molar refractivity (Wildman–Crippen MR) is 62.9 cm³/mol. The summed E-state index contributed by atoms with van der Waals surface area (Å²) in [5.74, 6) is 1.73. The number of thioether (sulfide) groups is 1. The zero-order valence-electron chi connectivity index (χ0n) is 8.54. The SMILES string of the molecule is C=C(C)CSc1ccc(N)cc1OC. The summed E-state index contributed by atoms with van der Waals surface area (Å²) in [6, 6.07) is 5.69. The van der Waals surface area contributed by atoms with Gasteiger partial charge in [0, 0.05) is 22.4 Å². The van der Waals surface area contributed by atoms with Gasteiger partial charge in [-0.2, -0.15) is 0 Å². The molecule has 0 fully saturated rings. The van der Waals surface area contributed by atoms with Crippen LogP contribution in [-0.4, -0.2) is 12.9 Å². The van der Waals surface area contributed by atoms with E-state index in [9.17, 15) is 0 Å². The first kappa shape index (κ1) is 11.0. The number of hydrogen-bond donors (Lipinski definition) is 1. The minimum Gasteiger partial charge on any atom is -0.496 e. The van der Waals surface area contributed by atoms with Crippen LogP contribution in [0.1, 0.15) is 6.92 Å². The lowest BCUT2D eigenvalue weighted by molar-refractivity contribution is 0.405. The van der Waals surface area contributed by atoms with E-state index in [1.807, 2.05) is 25.1 Å². The van der Waals surface area contributed by atoms with E-state index in [1.54, 1.807) is 18.9 Å². The Balaban J connectivity index is 2.80. The summed E-state index contributed by atoms with van der Waals surface area (Å²) in [5, 5.41) is 0. The molecule has 0 aliphatic rings. The monoisotopic (exact) mass is 209 g/mol. The van der Waals surface area contributed by atoms with Gasteiger partial charge in [0.05, 0.1) is 7.11 Å². The number of ether oxygens (including phenoxy) is 1. The minimum atomic E-state index is 0.724. The van der Waals surface area contributed by atoms with Crippen molar-refractivity contribution >= 4 is 17.4 Å². The highest BCUT2D eigenvalue weighted by Gasteiger charge is 2.03. The smallest absolute Gasteiger partial charge is 0.134 e. The van der Waals surface area contributed by atoms with E-state index in [-0.39, 0.29) is 0 Å². The van der Waals surface area contributed by atoms with E-state index < -0.39 is 0 Å². The van der Waals surface area contributed by atoms with Crippen molar-refractivity contribution in [3.05, 3.63) is 30.4 Å². The summed E-state index contributed by atoms with van der Waals surface area (Å²) in [7, 11) is 1.65. The molecule has 0 bridgehead atoms. The lowest BCUT2D eigenvalue weighted by Gasteiger charge is -2.08. The molecule has 76 valence electrons. The van der Waals surface area contributed by atoms with E-state index in [1.165, 1.54) is 0 Å². The van der Waals surface area contributed by atoms with Crippen LogP contribution in [0.15, 0.2) is 35.2 Å². The average molecular weight is 209 g/mol. The highest BCUT2D eigenvalue weighted by molar-refractivity contribution is 7.99. The summed E-state index contributed by atoms with van der Waals surface area (Å²) >= 11 is 1.71. The van der Waals surface area contributed by atoms with E-state index in [0.29, 0.717) is 0 Å². The van der Waals surface area contributed by atoms with Crippen LogP contribution >= 0.6 is 11.8 Å². The first-order valence-corrected chi connectivity index (χ1v) is 5.32. The van der Waals surface area contributed by atoms with Crippen LogP contribution in [0.2, 0.25) is 0 Å². The summed E-state index contributed by atoms with van der Waals surface area (Å²) in [6.07, 6.45) is 0. The molecular weight excluding hydrogens is 194 g/mol. The Morgan fingerprint density at radius 1 is 1.57 bits per heavy atom. The van der Waals surface area contributed by atoms with Crippen molar-refractivity contribution in [2.24, 2.45) is 0 Å². The number of methoxy groups -OCH3 is 1. The number of nitrogen functional groups attached to an aromatic ring is 1. The molecule has 0 unspecified atom stereocenters. The number of anilines is 1. The fourth-order valence-electron chi connectivity index (χ4n) is 1.00. The molecule has 0 radical (unpaired) electrons. The standard InChI is InChI=1S/C11H15NOS/c1-8(2)7-14-11-5-4-9(12)6-10(11)13-3/h4-6H,1,7,12H2,2-3H3. The Morgan fingerprint density at radius 3 is 2.86 bits per heavy atom. The van der Waals surface area contributed by atoms with Crippen molar-refractivity contribution in [2.75, 3.05) is 18.6 Å². The van der Waals surface area contributed by atoms with Gasteiger partial charge in [-0.1, -0.05) is 12.2 Å². The Hall–Kier alpha value is -1.09. The maximum atomic E-state index is 5.65. The topological polar surface area (TPSA) is 35.2 Å². The van der Waals surface area contributed by atoms with Crippen LogP contribution in [0.4, 0.5) is 5.69 Å². The molecule has 1 aromatic carbocycles. The quantitative estimate of drug-likeness (QED) is 0.470. The second kappa shape index (κ2) is 4.96. The molecule has 2 N–H and O–H groups in total. The van der Waals surface area contributed by atoms with E-state index in [0.717, 1.165) is 27.7 Å². The van der Waals surface area contributed by atoms with Crippen molar-refractivity contribution in [2.45, 2.75) is 11.8 Å². The van der Waals surface area contributed by atoms with Crippen LogP contribution in [0.3, 0.4) is 0 Å². The molecular formula is C11H15NOS. The second-order valence-electron chi connectivity index (χ2n) is 3.16. The first-order chi connectivity index (χ1) is 6.63. The predicted octanol–water partition coefficient (Wildman–Crippen LogP) is 2.95. The third-order valence-corrected chi connectivity index (χ3v) is 2.95. The van der Waals surface area contributed by atoms with Gasteiger partial charge in [0.2, 0.25) is 0 Å². The largest absolute Gasteiger partial charge is 0.496 e. The molecule has 0 aliphatic heterocycles. The lowest BCUT2D eigenvalue weighted by atomic mass is 10.3. The Labute approximate surface area is 89.1 Å². The molecule has 0 heterocycles. The number of rotatable bonds is 4. The van der Waals surface area contributed by atoms with Crippen molar-refractivity contribution in [3.63, 3.8) is 0 Å². The molecule has 0 saturated heterocycles. The van der Waals surface area contributed by atoms with Crippen LogP contribution in [0, 0.1) is 0 Å². The summed E-state index contributed by atoms with van der Waals surface area (Å²) in [6.45, 7) is 5.87. The van der Waals surface area contributed by atoms with Crippen molar-refractivity contribution in [1.82, 2.24) is 0 Å². The third kappa shape index (κ3) is 3.00. The fraction of sp³-hybridized carbons (Fsp3) is 0.273. The van der Waals surface area contributed by atoms with Crippen molar-refractivity contribution in [1.29, 1.82) is 0 Å². The third-order valence-electron chi connectivity index (χ3n) is 1.66. The van der Waals surface area contributed by atoms with Crippen LogP contribution in [0.25, 0.3) is 0 Å². The Morgan fingerprint density at radius 2 is 2.29 bits per heavy atom. The molecule has 3 heteroatoms. The van der Waals surface area contributed by atoms with Crippen molar-refractivity contribution < 1.29 is 4.74 Å². The molecule has 1 aromatic rings. The van der Waals surface area contributed by atoms with Gasteiger partial charge < -0.3 is 10.5 Å². The maximum Gasteiger partial charge on any atom is 0.134 e. The molecule has 1 rings (SSSR count). The normalized spacial score (nSPS) is 9.86. The molecule has 0 aliphatic carbocycles. The molecule has 0 atom stereocenters. The number of benzene rings is 1. The van der Waals surface area contributed by atoms with Gasteiger partial charge in [-0.15, -0.1) is 11.8 Å². The van der Waals surface area contributed by atoms with Gasteiger partial charge in [-0.3, -0.25) is 0 Å². The lowest BCUT2D eigenvalue weighted by Crippen LogP contribution is -1.91. The number of nitrogens with two attached hydrogens (primary N) is 1. The molecule has 0 saturated carbocycles. The van der Waals surface area contributed by atoms with Gasteiger partial charge >= 0.3 is 0 Å². The van der Waals surface area contributed by atoms with Gasteiger partial charge in [0.15, 0.2) is 0 Å². The minimum absolute atomic E-state index is 0.724. The summed E-state index contributed by atoms with van der Waals surface area (Å²) in [4.78, 5) is 1.10. The zero-order valence-corrected chi connectivity index (χ0v) is 9.36. The van der Waals surface area contributed by atoms with Crippen molar-refractivity contribution in [3.8, 4) is 5.75 Å². The second-order valence-corrected chi connectivity index (χ2v) is 4.17. The summed E-state index contributed by atoms with van der Waals surface area (Å²) < 4.78 is 5.23. The van der Waals surface area contributed by atoms with Gasteiger partial charge in [0.25, 0.3) is 0 Å². The van der Waals surface area contributed by atoms with Gasteiger partial charge in [-0.25, -0.2) is 0 Å². The molecule has 0 aromatic heterocycles. The number of hydrogen-bond acceptors (Lipinski definition) is 3. The molecule has 2 nitrogen and oxygen atoms in total. The Bertz CT molecular complexity index is 336.